The van der Waals surface area contributed by atoms with Crippen LogP contribution >= 0.6 is 0 Å². The van der Waals surface area contributed by atoms with E-state index in [1.54, 1.807) is 7.11 Å². The Kier molecular flexibility index (Phi) is 9.01. The van der Waals surface area contributed by atoms with E-state index in [2.05, 4.69) is 48.3 Å². The average molecular weight is 357 g/mol. The van der Waals surface area contributed by atoms with Crippen molar-refractivity contribution < 1.29 is 9.47 Å². The Morgan fingerprint density at radius 1 is 0.923 bits per heavy atom. The highest BCUT2D eigenvalue weighted by molar-refractivity contribution is 5.43. The Labute approximate surface area is 158 Å². The Bertz CT molecular complexity index is 627. The lowest BCUT2D eigenvalue weighted by Crippen LogP contribution is -2.27. The predicted octanol–water partition coefficient (Wildman–Crippen LogP) is 4.10. The van der Waals surface area contributed by atoms with Gasteiger partial charge in [0.15, 0.2) is 11.5 Å². The zero-order chi connectivity index (χ0) is 18.6. The maximum absolute atomic E-state index is 5.91. The van der Waals surface area contributed by atoms with Gasteiger partial charge in [0, 0.05) is 6.54 Å². The highest BCUT2D eigenvalue weighted by Gasteiger charge is 2.06. The van der Waals surface area contributed by atoms with Gasteiger partial charge in [-0.1, -0.05) is 50.2 Å². The van der Waals surface area contributed by atoms with Crippen LogP contribution in [-0.4, -0.2) is 38.2 Å². The lowest BCUT2D eigenvalue weighted by molar-refractivity contribution is 0.284. The van der Waals surface area contributed by atoms with Gasteiger partial charge in [-0.05, 0) is 55.9 Å². The summed E-state index contributed by atoms with van der Waals surface area (Å²) < 4.78 is 11.4. The van der Waals surface area contributed by atoms with E-state index in [-0.39, 0.29) is 0 Å². The largest absolute Gasteiger partial charge is 0.493 e. The molecule has 1 N–H and O–H groups in total. The summed E-state index contributed by atoms with van der Waals surface area (Å²) in [6.07, 6.45) is 1.16. The van der Waals surface area contributed by atoms with Crippen LogP contribution in [-0.2, 0) is 13.2 Å². The summed E-state index contributed by atoms with van der Waals surface area (Å²) >= 11 is 0. The van der Waals surface area contributed by atoms with Gasteiger partial charge in [0.1, 0.15) is 6.61 Å². The Morgan fingerprint density at radius 3 is 2.38 bits per heavy atom. The minimum Gasteiger partial charge on any atom is -0.493 e. The number of benzene rings is 2. The SMILES string of the molecule is CCN(CC)CCCNCc1ccc(OCc2ccccc2)c(OC)c1. The van der Waals surface area contributed by atoms with E-state index in [0.717, 1.165) is 56.2 Å². The van der Waals surface area contributed by atoms with Crippen LogP contribution in [0.25, 0.3) is 0 Å². The molecule has 4 heteroatoms. The van der Waals surface area contributed by atoms with Crippen molar-refractivity contribution >= 4 is 0 Å². The molecule has 0 aliphatic carbocycles. The third kappa shape index (κ3) is 6.70. The standard InChI is InChI=1S/C22H32N2O2/c1-4-24(5-2)15-9-14-23-17-20-12-13-21(22(16-20)25-3)26-18-19-10-7-6-8-11-19/h6-8,10-13,16,23H,4-5,9,14-15,17-18H2,1-3H3. The second-order valence-electron chi connectivity index (χ2n) is 6.32. The van der Waals surface area contributed by atoms with Crippen molar-refractivity contribution in [2.45, 2.75) is 33.4 Å². The first kappa shape index (κ1) is 20.3. The predicted molar refractivity (Wildman–Crippen MR) is 108 cm³/mol. The van der Waals surface area contributed by atoms with Crippen molar-refractivity contribution in [3.05, 3.63) is 59.7 Å². The molecule has 2 rings (SSSR count). The maximum atomic E-state index is 5.91. The number of hydrogen-bond acceptors (Lipinski definition) is 4. The highest BCUT2D eigenvalue weighted by atomic mass is 16.5. The first-order chi connectivity index (χ1) is 12.8. The zero-order valence-corrected chi connectivity index (χ0v) is 16.3. The molecule has 0 heterocycles. The summed E-state index contributed by atoms with van der Waals surface area (Å²) in [6, 6.07) is 16.3. The second kappa shape index (κ2) is 11.6. The van der Waals surface area contributed by atoms with Crippen LogP contribution < -0.4 is 14.8 Å². The molecule has 0 aliphatic heterocycles. The summed E-state index contributed by atoms with van der Waals surface area (Å²) in [5.74, 6) is 1.56. The smallest absolute Gasteiger partial charge is 0.161 e. The van der Waals surface area contributed by atoms with Gasteiger partial charge in [0.25, 0.3) is 0 Å². The van der Waals surface area contributed by atoms with Gasteiger partial charge in [0.2, 0.25) is 0 Å². The molecule has 2 aromatic rings. The van der Waals surface area contributed by atoms with Crippen LogP contribution in [0, 0.1) is 0 Å². The minimum atomic E-state index is 0.542. The normalized spacial score (nSPS) is 10.9. The van der Waals surface area contributed by atoms with E-state index in [4.69, 9.17) is 9.47 Å². The fraction of sp³-hybridized carbons (Fsp3) is 0.455. The number of nitrogens with zero attached hydrogens (tertiary/aromatic N) is 1. The van der Waals surface area contributed by atoms with Crippen LogP contribution in [0.3, 0.4) is 0 Å². The van der Waals surface area contributed by atoms with Crippen LogP contribution in [0.5, 0.6) is 11.5 Å². The molecule has 0 bridgehead atoms. The zero-order valence-electron chi connectivity index (χ0n) is 16.3. The average Bonchev–Trinajstić information content (AvgIpc) is 2.70. The van der Waals surface area contributed by atoms with Gasteiger partial charge in [0.05, 0.1) is 7.11 Å². The van der Waals surface area contributed by atoms with Gasteiger partial charge in [-0.2, -0.15) is 0 Å². The van der Waals surface area contributed by atoms with Gasteiger partial charge in [-0.3, -0.25) is 0 Å². The molecule has 0 aromatic heterocycles. The summed E-state index contributed by atoms with van der Waals surface area (Å²) in [7, 11) is 1.69. The molecule has 2 aromatic carbocycles. The lowest BCUT2D eigenvalue weighted by atomic mass is 10.2. The molecular formula is C22H32N2O2. The Balaban J connectivity index is 1.80. The first-order valence-corrected chi connectivity index (χ1v) is 9.53. The van der Waals surface area contributed by atoms with Crippen LogP contribution in [0.4, 0.5) is 0 Å². The summed E-state index contributed by atoms with van der Waals surface area (Å²) in [6.45, 7) is 10.2. The molecular weight excluding hydrogens is 324 g/mol. The molecule has 0 radical (unpaired) electrons. The van der Waals surface area contributed by atoms with Crippen molar-refractivity contribution in [1.82, 2.24) is 10.2 Å². The van der Waals surface area contributed by atoms with Crippen LogP contribution in [0.15, 0.2) is 48.5 Å². The van der Waals surface area contributed by atoms with Crippen molar-refractivity contribution in [1.29, 1.82) is 0 Å². The molecule has 4 nitrogen and oxygen atoms in total. The number of methoxy groups -OCH3 is 1. The summed E-state index contributed by atoms with van der Waals surface area (Å²) in [4.78, 5) is 2.45. The monoisotopic (exact) mass is 356 g/mol. The fourth-order valence-electron chi connectivity index (χ4n) is 2.88. The Morgan fingerprint density at radius 2 is 1.69 bits per heavy atom. The molecule has 0 saturated heterocycles. The van der Waals surface area contributed by atoms with E-state index < -0.39 is 0 Å². The molecule has 0 aliphatic rings. The first-order valence-electron chi connectivity index (χ1n) is 9.53. The molecule has 0 amide bonds. The third-order valence-corrected chi connectivity index (χ3v) is 4.52. The summed E-state index contributed by atoms with van der Waals surface area (Å²) in [5, 5.41) is 3.51. The summed E-state index contributed by atoms with van der Waals surface area (Å²) in [5.41, 5.74) is 2.35. The molecule has 0 fully saturated rings. The quantitative estimate of drug-likeness (QED) is 0.581. The third-order valence-electron chi connectivity index (χ3n) is 4.52. The molecule has 142 valence electrons. The van der Waals surface area contributed by atoms with Crippen molar-refractivity contribution in [2.75, 3.05) is 33.3 Å². The van der Waals surface area contributed by atoms with E-state index in [0.29, 0.717) is 6.61 Å². The second-order valence-corrected chi connectivity index (χ2v) is 6.32. The van der Waals surface area contributed by atoms with E-state index in [9.17, 15) is 0 Å². The minimum absolute atomic E-state index is 0.542. The number of rotatable bonds is 12. The van der Waals surface area contributed by atoms with Gasteiger partial charge >= 0.3 is 0 Å². The molecule has 26 heavy (non-hydrogen) atoms. The van der Waals surface area contributed by atoms with Crippen LogP contribution in [0.1, 0.15) is 31.4 Å². The Hall–Kier alpha value is -2.04. The number of nitrogens with one attached hydrogen (secondary N) is 1. The van der Waals surface area contributed by atoms with Crippen molar-refractivity contribution in [2.24, 2.45) is 0 Å². The van der Waals surface area contributed by atoms with Crippen LogP contribution in [0.2, 0.25) is 0 Å². The van der Waals surface area contributed by atoms with Gasteiger partial charge < -0.3 is 19.7 Å². The molecule has 0 saturated carbocycles. The fourth-order valence-corrected chi connectivity index (χ4v) is 2.88. The van der Waals surface area contributed by atoms with Crippen molar-refractivity contribution in [3.8, 4) is 11.5 Å². The molecule has 0 unspecified atom stereocenters. The van der Waals surface area contributed by atoms with Crippen molar-refractivity contribution in [3.63, 3.8) is 0 Å². The lowest BCUT2D eigenvalue weighted by Gasteiger charge is -2.17. The van der Waals surface area contributed by atoms with E-state index in [1.165, 1.54) is 5.56 Å². The highest BCUT2D eigenvalue weighted by Crippen LogP contribution is 2.28. The van der Waals surface area contributed by atoms with Gasteiger partial charge in [-0.15, -0.1) is 0 Å². The van der Waals surface area contributed by atoms with Gasteiger partial charge in [-0.25, -0.2) is 0 Å². The maximum Gasteiger partial charge on any atom is 0.161 e. The number of ether oxygens (including phenoxy) is 2. The molecule has 0 spiro atoms. The number of hydrogen-bond donors (Lipinski definition) is 1. The molecule has 0 atom stereocenters. The van der Waals surface area contributed by atoms with E-state index in [1.807, 2.05) is 24.3 Å². The topological polar surface area (TPSA) is 33.7 Å². The van der Waals surface area contributed by atoms with E-state index >= 15 is 0 Å².